The summed E-state index contributed by atoms with van der Waals surface area (Å²) in [6.45, 7) is 3.06. The van der Waals surface area contributed by atoms with Gasteiger partial charge in [-0.15, -0.1) is 21.6 Å². The topological polar surface area (TPSA) is 62.8 Å². The summed E-state index contributed by atoms with van der Waals surface area (Å²) in [5.74, 6) is 0.197. The molecule has 0 saturated heterocycles. The van der Waals surface area contributed by atoms with E-state index in [2.05, 4.69) is 22.1 Å². The van der Waals surface area contributed by atoms with Crippen molar-refractivity contribution >= 4 is 33.1 Å². The zero-order valence-electron chi connectivity index (χ0n) is 17.4. The third-order valence-corrected chi connectivity index (χ3v) is 5.96. The molecule has 29 heavy (non-hydrogen) atoms. The Kier molecular flexibility index (Phi) is 8.68. The van der Waals surface area contributed by atoms with Crippen molar-refractivity contribution in [2.75, 3.05) is 0 Å². The normalized spacial score (nSPS) is 11.8. The van der Waals surface area contributed by atoms with Crippen molar-refractivity contribution in [2.24, 2.45) is 10.2 Å². The molecule has 0 aliphatic carbocycles. The SMILES string of the molecule is CCCCCCCCCCCCn1c(O)c(N=Nc2nccs2)c2ccccc21. The Bertz CT molecular complexity index is 886. The maximum atomic E-state index is 10.8. The van der Waals surface area contributed by atoms with Crippen molar-refractivity contribution < 1.29 is 5.11 Å². The molecule has 0 radical (unpaired) electrons. The summed E-state index contributed by atoms with van der Waals surface area (Å²) < 4.78 is 1.97. The number of unbranched alkanes of at least 4 members (excludes halogenated alkanes) is 9. The van der Waals surface area contributed by atoms with Gasteiger partial charge in [0.1, 0.15) is 0 Å². The Hall–Kier alpha value is -2.21. The first-order valence-electron chi connectivity index (χ1n) is 10.9. The van der Waals surface area contributed by atoms with Crippen molar-refractivity contribution in [1.29, 1.82) is 0 Å². The van der Waals surface area contributed by atoms with Crippen LogP contribution < -0.4 is 0 Å². The fourth-order valence-corrected chi connectivity index (χ4v) is 4.17. The van der Waals surface area contributed by atoms with Gasteiger partial charge in [0, 0.05) is 23.5 Å². The first-order chi connectivity index (χ1) is 14.3. The van der Waals surface area contributed by atoms with Gasteiger partial charge >= 0.3 is 0 Å². The van der Waals surface area contributed by atoms with Gasteiger partial charge in [-0.1, -0.05) is 82.9 Å². The number of para-hydroxylation sites is 1. The van der Waals surface area contributed by atoms with Crippen LogP contribution in [0.3, 0.4) is 0 Å². The maximum Gasteiger partial charge on any atom is 0.229 e. The van der Waals surface area contributed by atoms with Crippen LogP contribution in [0.2, 0.25) is 0 Å². The molecule has 3 aromatic rings. The lowest BCUT2D eigenvalue weighted by Crippen LogP contribution is -1.97. The number of hydrogen-bond donors (Lipinski definition) is 1. The van der Waals surface area contributed by atoms with Gasteiger partial charge in [-0.2, -0.15) is 0 Å². The fourth-order valence-electron chi connectivity index (χ4n) is 3.71. The molecular weight excluding hydrogens is 380 g/mol. The van der Waals surface area contributed by atoms with E-state index >= 15 is 0 Å². The van der Waals surface area contributed by atoms with Crippen molar-refractivity contribution in [3.63, 3.8) is 0 Å². The Morgan fingerprint density at radius 3 is 2.31 bits per heavy atom. The quantitative estimate of drug-likeness (QED) is 0.227. The second-order valence-electron chi connectivity index (χ2n) is 7.54. The number of aromatic nitrogens is 2. The molecule has 0 bridgehead atoms. The summed E-state index contributed by atoms with van der Waals surface area (Å²) in [6, 6.07) is 7.99. The number of benzene rings is 1. The van der Waals surface area contributed by atoms with Gasteiger partial charge in [-0.05, 0) is 12.5 Å². The molecule has 0 aliphatic rings. The average molecular weight is 413 g/mol. The van der Waals surface area contributed by atoms with Gasteiger partial charge in [0.05, 0.1) is 5.52 Å². The molecule has 156 valence electrons. The van der Waals surface area contributed by atoms with Crippen molar-refractivity contribution in [1.82, 2.24) is 9.55 Å². The molecule has 6 heteroatoms. The highest BCUT2D eigenvalue weighted by Gasteiger charge is 2.16. The number of aromatic hydroxyl groups is 1. The van der Waals surface area contributed by atoms with Gasteiger partial charge in [0.2, 0.25) is 11.0 Å². The molecule has 0 atom stereocenters. The monoisotopic (exact) mass is 412 g/mol. The molecule has 3 rings (SSSR count). The lowest BCUT2D eigenvalue weighted by molar-refractivity contribution is 0.415. The standard InChI is InChI=1S/C23H32N4OS/c1-2-3-4-5-6-7-8-9-10-13-17-27-20-15-12-11-14-19(20)21(22(27)28)25-26-23-24-16-18-29-23/h11-12,14-16,18,28H,2-10,13,17H2,1H3. The van der Waals surface area contributed by atoms with E-state index in [1.165, 1.54) is 69.1 Å². The van der Waals surface area contributed by atoms with Crippen LogP contribution in [0.1, 0.15) is 71.1 Å². The molecule has 1 aromatic carbocycles. The van der Waals surface area contributed by atoms with Crippen LogP contribution in [0.5, 0.6) is 5.88 Å². The first kappa shape index (κ1) is 21.5. The molecule has 0 amide bonds. The van der Waals surface area contributed by atoms with Gasteiger partial charge < -0.3 is 9.67 Å². The molecule has 2 heterocycles. The predicted octanol–water partition coefficient (Wildman–Crippen LogP) is 8.14. The van der Waals surface area contributed by atoms with E-state index in [0.717, 1.165) is 23.9 Å². The summed E-state index contributed by atoms with van der Waals surface area (Å²) in [6.07, 6.45) is 14.7. The Morgan fingerprint density at radius 2 is 1.62 bits per heavy atom. The number of aryl methyl sites for hydroxylation is 1. The summed E-state index contributed by atoms with van der Waals surface area (Å²) >= 11 is 1.43. The lowest BCUT2D eigenvalue weighted by Gasteiger charge is -2.07. The summed E-state index contributed by atoms with van der Waals surface area (Å²) in [4.78, 5) is 4.12. The Balaban J connectivity index is 1.52. The van der Waals surface area contributed by atoms with Crippen LogP contribution in [-0.2, 0) is 6.54 Å². The molecule has 0 saturated carbocycles. The molecule has 1 N–H and O–H groups in total. The minimum absolute atomic E-state index is 0.197. The number of fused-ring (bicyclic) bond motifs is 1. The summed E-state index contributed by atoms with van der Waals surface area (Å²) in [5.41, 5.74) is 1.54. The van der Waals surface area contributed by atoms with Crippen LogP contribution in [0.25, 0.3) is 10.9 Å². The lowest BCUT2D eigenvalue weighted by atomic mass is 10.1. The largest absolute Gasteiger partial charge is 0.493 e. The maximum absolute atomic E-state index is 10.8. The van der Waals surface area contributed by atoms with E-state index in [4.69, 9.17) is 0 Å². The van der Waals surface area contributed by atoms with E-state index in [-0.39, 0.29) is 5.88 Å². The van der Waals surface area contributed by atoms with E-state index in [1.807, 2.05) is 34.2 Å². The smallest absolute Gasteiger partial charge is 0.229 e. The number of nitrogens with zero attached hydrogens (tertiary/aromatic N) is 4. The van der Waals surface area contributed by atoms with Crippen molar-refractivity contribution in [3.8, 4) is 5.88 Å². The molecule has 2 aromatic heterocycles. The van der Waals surface area contributed by atoms with Crippen LogP contribution >= 0.6 is 11.3 Å². The molecule has 0 unspecified atom stereocenters. The molecule has 0 spiro atoms. The van der Waals surface area contributed by atoms with Crippen molar-refractivity contribution in [2.45, 2.75) is 77.7 Å². The number of rotatable bonds is 13. The molecule has 0 aliphatic heterocycles. The second kappa shape index (κ2) is 11.7. The highest BCUT2D eigenvalue weighted by atomic mass is 32.1. The Morgan fingerprint density at radius 1 is 0.931 bits per heavy atom. The zero-order valence-corrected chi connectivity index (χ0v) is 18.2. The van der Waals surface area contributed by atoms with E-state index in [9.17, 15) is 5.11 Å². The number of azo groups is 1. The minimum atomic E-state index is 0.197. The van der Waals surface area contributed by atoms with Crippen LogP contribution in [-0.4, -0.2) is 14.7 Å². The summed E-state index contributed by atoms with van der Waals surface area (Å²) in [7, 11) is 0. The molecular formula is C23H32N4OS. The van der Waals surface area contributed by atoms with Gasteiger partial charge in [0.25, 0.3) is 0 Å². The fraction of sp³-hybridized carbons (Fsp3) is 0.522. The van der Waals surface area contributed by atoms with Crippen LogP contribution in [0.15, 0.2) is 46.1 Å². The Labute approximate surface area is 177 Å². The van der Waals surface area contributed by atoms with E-state index < -0.39 is 0 Å². The number of hydrogen-bond acceptors (Lipinski definition) is 5. The average Bonchev–Trinajstić information content (AvgIpc) is 3.34. The van der Waals surface area contributed by atoms with Gasteiger partial charge in [-0.25, -0.2) is 4.98 Å². The minimum Gasteiger partial charge on any atom is -0.493 e. The van der Waals surface area contributed by atoms with Crippen molar-refractivity contribution in [3.05, 3.63) is 35.8 Å². The third-order valence-electron chi connectivity index (χ3n) is 5.31. The second-order valence-corrected chi connectivity index (χ2v) is 8.41. The zero-order chi connectivity index (χ0) is 20.3. The summed E-state index contributed by atoms with van der Waals surface area (Å²) in [5, 5.41) is 22.6. The van der Waals surface area contributed by atoms with E-state index in [0.29, 0.717) is 10.8 Å². The predicted molar refractivity (Wildman–Crippen MR) is 122 cm³/mol. The number of thiazole rings is 1. The van der Waals surface area contributed by atoms with Gasteiger partial charge in [-0.3, -0.25) is 0 Å². The molecule has 0 fully saturated rings. The third kappa shape index (κ3) is 6.13. The van der Waals surface area contributed by atoms with Gasteiger partial charge in [0.15, 0.2) is 5.69 Å². The first-order valence-corrected chi connectivity index (χ1v) is 11.8. The van der Waals surface area contributed by atoms with E-state index in [1.54, 1.807) is 6.20 Å². The highest BCUT2D eigenvalue weighted by molar-refractivity contribution is 7.13. The highest BCUT2D eigenvalue weighted by Crippen LogP contribution is 2.39. The van der Waals surface area contributed by atoms with Crippen LogP contribution in [0, 0.1) is 0 Å². The van der Waals surface area contributed by atoms with Crippen LogP contribution in [0.4, 0.5) is 10.8 Å². The molecule has 5 nitrogen and oxygen atoms in total.